The lowest BCUT2D eigenvalue weighted by atomic mass is 10.00. The van der Waals surface area contributed by atoms with Crippen LogP contribution in [0.5, 0.6) is 5.75 Å². The molecule has 0 aromatic heterocycles. The molecule has 63 heavy (non-hydrogen) atoms. The fourth-order valence-corrected chi connectivity index (χ4v) is 6.12. The molecule has 0 fully saturated rings. The van der Waals surface area contributed by atoms with Crippen molar-refractivity contribution in [2.24, 2.45) is 28.9 Å². The summed E-state index contributed by atoms with van der Waals surface area (Å²) in [4.78, 5) is 92.6. The molecule has 2 aromatic carbocycles. The summed E-state index contributed by atoms with van der Waals surface area (Å²) >= 11 is 0. The summed E-state index contributed by atoms with van der Waals surface area (Å²) in [5.74, 6) is -5.72. The summed E-state index contributed by atoms with van der Waals surface area (Å²) in [5.41, 5.74) is 23.6. The van der Waals surface area contributed by atoms with Crippen molar-refractivity contribution in [3.8, 4) is 5.75 Å². The molecule has 22 heteroatoms. The van der Waals surface area contributed by atoms with E-state index in [0.717, 1.165) is 0 Å². The molecule has 0 bridgehead atoms. The first-order valence-corrected chi connectivity index (χ1v) is 20.6. The topological polar surface area (TPSA) is 388 Å². The Morgan fingerprint density at radius 3 is 1.65 bits per heavy atom. The van der Waals surface area contributed by atoms with Gasteiger partial charge in [-0.05, 0) is 74.6 Å². The Hall–Kier alpha value is -6.97. The second kappa shape index (κ2) is 27.1. The van der Waals surface area contributed by atoms with E-state index in [9.17, 15) is 38.7 Å². The number of amides is 7. The number of nitrogens with two attached hydrogens (primary N) is 4. The number of aromatic hydroxyl groups is 1. The van der Waals surface area contributed by atoms with Gasteiger partial charge in [0.1, 0.15) is 36.0 Å². The number of carbonyl (C=O) groups excluding carboxylic acids is 7. The molecule has 19 N–H and O–H groups in total. The van der Waals surface area contributed by atoms with Crippen LogP contribution in [0.15, 0.2) is 54.6 Å². The SMILES string of the molecule is CC(C)C[C@H](NC(=O)[C@H](Cc1ccccc1)NC(=O)CNC(=O)[C@@H](C)NC(=O)[C@@H](N)Cc1ccc(O)cc1)C(=O)N[C@@H](CCCNC(=N)N)C(=O)N[C@@H](CCCNC(=N)N)C(N)=O. The zero-order chi connectivity index (χ0) is 47.1. The Labute approximate surface area is 366 Å². The first kappa shape index (κ1) is 52.2. The third kappa shape index (κ3) is 20.9. The molecule has 6 atom stereocenters. The third-order valence-electron chi connectivity index (χ3n) is 9.44. The smallest absolute Gasteiger partial charge is 0.243 e. The molecule has 0 saturated carbocycles. The number of carbonyl (C=O) groups is 7. The van der Waals surface area contributed by atoms with Crippen LogP contribution in [-0.2, 0) is 46.4 Å². The van der Waals surface area contributed by atoms with Crippen LogP contribution in [0.3, 0.4) is 0 Å². The summed E-state index contributed by atoms with van der Waals surface area (Å²) in [7, 11) is 0. The number of guanidine groups is 2. The van der Waals surface area contributed by atoms with E-state index in [0.29, 0.717) is 17.5 Å². The predicted octanol–water partition coefficient (Wildman–Crippen LogP) is -2.88. The van der Waals surface area contributed by atoms with Crippen LogP contribution in [0.1, 0.15) is 64.0 Å². The average molecular weight is 881 g/mol. The molecule has 2 aromatic rings. The van der Waals surface area contributed by atoms with E-state index in [1.807, 2.05) is 13.8 Å². The summed E-state index contributed by atoms with van der Waals surface area (Å²) < 4.78 is 0. The molecule has 0 unspecified atom stereocenters. The number of primary amides is 1. The monoisotopic (exact) mass is 881 g/mol. The second-order valence-corrected chi connectivity index (χ2v) is 15.4. The highest BCUT2D eigenvalue weighted by Crippen LogP contribution is 2.12. The normalized spacial score (nSPS) is 13.7. The first-order chi connectivity index (χ1) is 29.7. The van der Waals surface area contributed by atoms with E-state index in [1.165, 1.54) is 19.1 Å². The number of phenolic OH excluding ortho intramolecular Hbond substituents is 1. The molecule has 7 amide bonds. The molecule has 0 aliphatic rings. The van der Waals surface area contributed by atoms with E-state index >= 15 is 0 Å². The molecule has 2 rings (SSSR count). The zero-order valence-corrected chi connectivity index (χ0v) is 35.9. The highest BCUT2D eigenvalue weighted by molar-refractivity contribution is 5.96. The summed E-state index contributed by atoms with van der Waals surface area (Å²) in [6, 6.07) is 8.04. The Morgan fingerprint density at radius 1 is 0.587 bits per heavy atom. The van der Waals surface area contributed by atoms with Crippen molar-refractivity contribution in [1.82, 2.24) is 42.5 Å². The second-order valence-electron chi connectivity index (χ2n) is 15.4. The van der Waals surface area contributed by atoms with Gasteiger partial charge in [0.15, 0.2) is 11.9 Å². The van der Waals surface area contributed by atoms with Crippen LogP contribution in [0.4, 0.5) is 0 Å². The van der Waals surface area contributed by atoms with E-state index in [2.05, 4.69) is 42.5 Å². The molecular weight excluding hydrogens is 817 g/mol. The highest BCUT2D eigenvalue weighted by atomic mass is 16.3. The van der Waals surface area contributed by atoms with Gasteiger partial charge in [0.25, 0.3) is 0 Å². The third-order valence-corrected chi connectivity index (χ3v) is 9.44. The van der Waals surface area contributed by atoms with Crippen LogP contribution >= 0.6 is 0 Å². The first-order valence-electron chi connectivity index (χ1n) is 20.6. The minimum atomic E-state index is -1.24. The number of rotatable bonds is 27. The van der Waals surface area contributed by atoms with Gasteiger partial charge in [-0.3, -0.25) is 44.4 Å². The average Bonchev–Trinajstić information content (AvgIpc) is 3.22. The molecule has 0 aliphatic carbocycles. The zero-order valence-electron chi connectivity index (χ0n) is 35.9. The largest absolute Gasteiger partial charge is 0.508 e. The number of nitrogens with one attached hydrogen (secondary N) is 10. The Balaban J connectivity index is 2.19. The van der Waals surface area contributed by atoms with Crippen molar-refractivity contribution in [2.45, 2.75) is 102 Å². The van der Waals surface area contributed by atoms with Gasteiger partial charge in [0.05, 0.1) is 12.6 Å². The van der Waals surface area contributed by atoms with E-state index in [-0.39, 0.29) is 75.2 Å². The van der Waals surface area contributed by atoms with Crippen LogP contribution in [0.2, 0.25) is 0 Å². The van der Waals surface area contributed by atoms with Gasteiger partial charge in [-0.25, -0.2) is 0 Å². The van der Waals surface area contributed by atoms with E-state index in [1.54, 1.807) is 42.5 Å². The van der Waals surface area contributed by atoms with Gasteiger partial charge in [-0.15, -0.1) is 0 Å². The molecule has 346 valence electrons. The van der Waals surface area contributed by atoms with Gasteiger partial charge in [-0.1, -0.05) is 56.3 Å². The lowest BCUT2D eigenvalue weighted by Crippen LogP contribution is -2.59. The summed E-state index contributed by atoms with van der Waals surface area (Å²) in [6.45, 7) is 4.90. The molecule has 22 nitrogen and oxygen atoms in total. The van der Waals surface area contributed by atoms with Crippen molar-refractivity contribution in [2.75, 3.05) is 19.6 Å². The maximum absolute atomic E-state index is 14.0. The molecule has 0 radical (unpaired) electrons. The Kier molecular flexibility index (Phi) is 22.4. The van der Waals surface area contributed by atoms with Crippen molar-refractivity contribution < 1.29 is 38.7 Å². The maximum Gasteiger partial charge on any atom is 0.243 e. The van der Waals surface area contributed by atoms with Crippen molar-refractivity contribution in [1.29, 1.82) is 10.8 Å². The number of hydrogen-bond acceptors (Lipinski definition) is 11. The fourth-order valence-electron chi connectivity index (χ4n) is 6.12. The molecule has 0 aliphatic heterocycles. The maximum atomic E-state index is 14.0. The van der Waals surface area contributed by atoms with Crippen LogP contribution < -0.4 is 65.5 Å². The lowest BCUT2D eigenvalue weighted by Gasteiger charge is -2.27. The minimum Gasteiger partial charge on any atom is -0.508 e. The molecule has 0 saturated heterocycles. The Morgan fingerprint density at radius 2 is 1.10 bits per heavy atom. The summed E-state index contributed by atoms with van der Waals surface area (Å²) in [5, 5.41) is 44.9. The van der Waals surface area contributed by atoms with Crippen molar-refractivity contribution in [3.63, 3.8) is 0 Å². The van der Waals surface area contributed by atoms with E-state index in [4.69, 9.17) is 33.8 Å². The predicted molar refractivity (Wildman–Crippen MR) is 235 cm³/mol. The highest BCUT2D eigenvalue weighted by Gasteiger charge is 2.32. The molecular formula is C41H64N14O8. The fraction of sp³-hybridized carbons (Fsp3) is 0.488. The van der Waals surface area contributed by atoms with Gasteiger partial charge >= 0.3 is 0 Å². The standard InChI is InChI=1S/C41H64N14O8/c1-23(2)19-31(38(62)54-30(12-8-18-49-41(46)47)37(61)53-29(34(43)58)11-7-17-48-40(44)45)55-39(63)32(21-25-9-5-4-6-10-25)52-33(57)22-50-35(59)24(3)51-36(60)28(42)20-26-13-15-27(56)16-14-26/h4-6,9-10,13-16,23-24,28-32,56H,7-8,11-12,17-22,42H2,1-3H3,(H2,43,58)(H,50,59)(H,51,60)(H,52,57)(H,53,61)(H,54,62)(H,55,63)(H4,44,45,48)(H4,46,47,49)/t24-,28+,29+,30+,31+,32+/m1/s1. The van der Waals surface area contributed by atoms with Gasteiger partial charge in [0.2, 0.25) is 41.4 Å². The van der Waals surface area contributed by atoms with Gasteiger partial charge in [-0.2, -0.15) is 0 Å². The van der Waals surface area contributed by atoms with Crippen LogP contribution in [0, 0.1) is 16.7 Å². The van der Waals surface area contributed by atoms with Crippen LogP contribution in [-0.4, -0.2) is 114 Å². The molecule has 0 spiro atoms. The van der Waals surface area contributed by atoms with E-state index < -0.39 is 84.1 Å². The lowest BCUT2D eigenvalue weighted by molar-refractivity contribution is -0.135. The number of benzene rings is 2. The Bertz CT molecular complexity index is 1860. The minimum absolute atomic E-state index is 0.00161. The number of phenols is 1. The quantitative estimate of drug-likeness (QED) is 0.0244. The van der Waals surface area contributed by atoms with Gasteiger partial charge in [0, 0.05) is 19.5 Å². The van der Waals surface area contributed by atoms with Crippen molar-refractivity contribution in [3.05, 3.63) is 65.7 Å². The number of hydrogen-bond donors (Lipinski definition) is 15. The van der Waals surface area contributed by atoms with Gasteiger partial charge < -0.3 is 70.6 Å². The molecule has 0 heterocycles. The van der Waals surface area contributed by atoms with Crippen LogP contribution in [0.25, 0.3) is 0 Å². The van der Waals surface area contributed by atoms with Crippen molar-refractivity contribution >= 4 is 53.3 Å². The summed E-state index contributed by atoms with van der Waals surface area (Å²) in [6.07, 6.45) is 0.969.